The van der Waals surface area contributed by atoms with Crippen LogP contribution >= 0.6 is 11.6 Å². The first kappa shape index (κ1) is 20.9. The molecule has 3 rings (SSSR count). The number of halogens is 4. The molecule has 0 saturated carbocycles. The van der Waals surface area contributed by atoms with Gasteiger partial charge in [0, 0.05) is 25.0 Å². The van der Waals surface area contributed by atoms with E-state index in [1.54, 1.807) is 0 Å². The highest BCUT2D eigenvalue weighted by Gasteiger charge is 2.37. The largest absolute Gasteiger partial charge is 0.419 e. The number of alkyl halides is 3. The van der Waals surface area contributed by atoms with E-state index in [-0.39, 0.29) is 28.9 Å². The van der Waals surface area contributed by atoms with Crippen molar-refractivity contribution in [1.82, 2.24) is 4.98 Å². The molecule has 2 heterocycles. The highest BCUT2D eigenvalue weighted by Crippen LogP contribution is 2.36. The van der Waals surface area contributed by atoms with Gasteiger partial charge in [0.15, 0.2) is 0 Å². The number of rotatable bonds is 4. The number of hydrogen-bond acceptors (Lipinski definition) is 4. The van der Waals surface area contributed by atoms with Gasteiger partial charge in [-0.25, -0.2) is 4.98 Å². The predicted octanol–water partition coefficient (Wildman–Crippen LogP) is 3.71. The first-order chi connectivity index (χ1) is 13.7. The number of carbonyl (C=O) groups is 2. The van der Waals surface area contributed by atoms with E-state index in [1.807, 2.05) is 0 Å². The van der Waals surface area contributed by atoms with Crippen molar-refractivity contribution in [2.24, 2.45) is 11.7 Å². The van der Waals surface area contributed by atoms with Crippen LogP contribution in [-0.4, -0.2) is 29.9 Å². The molecule has 1 aliphatic rings. The second-order valence-corrected chi connectivity index (χ2v) is 7.11. The fourth-order valence-corrected chi connectivity index (χ4v) is 3.56. The van der Waals surface area contributed by atoms with Crippen molar-refractivity contribution < 1.29 is 22.8 Å². The molecule has 29 heavy (non-hydrogen) atoms. The molecule has 6 nitrogen and oxygen atoms in total. The van der Waals surface area contributed by atoms with E-state index in [1.165, 1.54) is 35.4 Å². The highest BCUT2D eigenvalue weighted by molar-refractivity contribution is 6.34. The van der Waals surface area contributed by atoms with Crippen molar-refractivity contribution in [3.63, 3.8) is 0 Å². The van der Waals surface area contributed by atoms with E-state index in [4.69, 9.17) is 17.3 Å². The van der Waals surface area contributed by atoms with E-state index in [2.05, 4.69) is 10.3 Å². The molecule has 3 N–H and O–H groups in total. The molecule has 0 aliphatic carbocycles. The van der Waals surface area contributed by atoms with Gasteiger partial charge >= 0.3 is 6.18 Å². The Morgan fingerprint density at radius 3 is 2.69 bits per heavy atom. The van der Waals surface area contributed by atoms with Crippen LogP contribution in [0.25, 0.3) is 0 Å². The van der Waals surface area contributed by atoms with Crippen LogP contribution in [0, 0.1) is 5.92 Å². The zero-order valence-corrected chi connectivity index (χ0v) is 15.9. The third-order valence-corrected chi connectivity index (χ3v) is 5.00. The summed E-state index contributed by atoms with van der Waals surface area (Å²) < 4.78 is 39.8. The third kappa shape index (κ3) is 4.79. The van der Waals surface area contributed by atoms with Crippen LogP contribution in [0.2, 0.25) is 5.02 Å². The monoisotopic (exact) mass is 426 g/mol. The van der Waals surface area contributed by atoms with Crippen molar-refractivity contribution in [1.29, 1.82) is 0 Å². The lowest BCUT2D eigenvalue weighted by molar-refractivity contribution is -0.137. The number of piperidine rings is 1. The molecule has 1 fully saturated rings. The van der Waals surface area contributed by atoms with Crippen LogP contribution in [0.5, 0.6) is 0 Å². The van der Waals surface area contributed by atoms with Gasteiger partial charge in [0.1, 0.15) is 5.82 Å². The fourth-order valence-electron chi connectivity index (χ4n) is 3.29. The molecular weight excluding hydrogens is 409 g/mol. The van der Waals surface area contributed by atoms with E-state index in [0.717, 1.165) is 6.07 Å². The number of aromatic nitrogens is 1. The van der Waals surface area contributed by atoms with Crippen molar-refractivity contribution >= 4 is 34.9 Å². The summed E-state index contributed by atoms with van der Waals surface area (Å²) in [6.45, 7) is 0.488. The average Bonchev–Trinajstić information content (AvgIpc) is 2.67. The molecule has 1 aromatic heterocycles. The zero-order chi connectivity index (χ0) is 21.2. The molecule has 0 spiro atoms. The molecule has 2 amide bonds. The predicted molar refractivity (Wildman–Crippen MR) is 103 cm³/mol. The first-order valence-corrected chi connectivity index (χ1v) is 9.22. The Morgan fingerprint density at radius 2 is 2.03 bits per heavy atom. The smallest absolute Gasteiger partial charge is 0.366 e. The lowest BCUT2D eigenvalue weighted by Gasteiger charge is -2.34. The summed E-state index contributed by atoms with van der Waals surface area (Å²) in [7, 11) is 0. The molecule has 1 aliphatic heterocycles. The van der Waals surface area contributed by atoms with Crippen LogP contribution in [-0.2, 0) is 11.0 Å². The van der Waals surface area contributed by atoms with Gasteiger partial charge < -0.3 is 16.0 Å². The van der Waals surface area contributed by atoms with E-state index < -0.39 is 23.6 Å². The summed E-state index contributed by atoms with van der Waals surface area (Å²) in [4.78, 5) is 29.3. The van der Waals surface area contributed by atoms with Gasteiger partial charge in [-0.3, -0.25) is 9.59 Å². The Hall–Kier alpha value is -2.81. The average molecular weight is 427 g/mol. The van der Waals surface area contributed by atoms with Crippen molar-refractivity contribution in [2.45, 2.75) is 19.0 Å². The summed E-state index contributed by atoms with van der Waals surface area (Å²) in [6.07, 6.45) is -2.15. The number of carbonyl (C=O) groups excluding carboxylic acids is 2. The maximum atomic E-state index is 13.3. The molecule has 0 radical (unpaired) electrons. The van der Waals surface area contributed by atoms with Gasteiger partial charge in [-0.05, 0) is 43.2 Å². The summed E-state index contributed by atoms with van der Waals surface area (Å²) >= 11 is 5.98. The summed E-state index contributed by atoms with van der Waals surface area (Å²) in [5, 5.41) is 2.79. The molecule has 154 valence electrons. The maximum absolute atomic E-state index is 13.3. The SMILES string of the molecule is NC(=O)c1ccc(NC(=O)C2CCCN(c3ncccc3C(F)(F)F)C2)cc1Cl. The van der Waals surface area contributed by atoms with E-state index >= 15 is 0 Å². The topological polar surface area (TPSA) is 88.3 Å². The molecule has 1 atom stereocenters. The molecule has 1 aromatic carbocycles. The van der Waals surface area contributed by atoms with Gasteiger partial charge in [-0.1, -0.05) is 11.6 Å². The maximum Gasteiger partial charge on any atom is 0.419 e. The number of pyridine rings is 1. The number of hydrogen-bond donors (Lipinski definition) is 2. The van der Waals surface area contributed by atoms with Crippen molar-refractivity contribution in [2.75, 3.05) is 23.3 Å². The molecule has 10 heteroatoms. The Bertz CT molecular complexity index is 936. The number of nitrogens with two attached hydrogens (primary N) is 1. The lowest BCUT2D eigenvalue weighted by Crippen LogP contribution is -2.42. The number of amides is 2. The normalized spacial score (nSPS) is 17.1. The Balaban J connectivity index is 1.74. The van der Waals surface area contributed by atoms with Gasteiger partial charge in [0.2, 0.25) is 11.8 Å². The van der Waals surface area contributed by atoms with Crippen molar-refractivity contribution in [3.05, 3.63) is 52.7 Å². The zero-order valence-electron chi connectivity index (χ0n) is 15.2. The number of benzene rings is 1. The number of primary amides is 1. The van der Waals surface area contributed by atoms with E-state index in [9.17, 15) is 22.8 Å². The van der Waals surface area contributed by atoms with Gasteiger partial charge in [-0.15, -0.1) is 0 Å². The van der Waals surface area contributed by atoms with Crippen LogP contribution < -0.4 is 16.0 Å². The standard InChI is InChI=1S/C19H18ClF3N4O2/c20-15-9-12(5-6-13(15)16(24)28)26-18(29)11-3-2-8-27(10-11)17-14(19(21,22)23)4-1-7-25-17/h1,4-7,9,11H,2-3,8,10H2,(H2,24,28)(H,26,29). The van der Waals surface area contributed by atoms with Gasteiger partial charge in [0.05, 0.1) is 22.1 Å². The highest BCUT2D eigenvalue weighted by atomic mass is 35.5. The van der Waals surface area contributed by atoms with Crippen LogP contribution in [0.1, 0.15) is 28.8 Å². The first-order valence-electron chi connectivity index (χ1n) is 8.84. The second-order valence-electron chi connectivity index (χ2n) is 6.71. The molecule has 2 aromatic rings. The molecule has 1 unspecified atom stereocenters. The minimum atomic E-state index is -4.53. The number of nitrogens with one attached hydrogen (secondary N) is 1. The second kappa shape index (κ2) is 8.28. The van der Waals surface area contributed by atoms with Crippen molar-refractivity contribution in [3.8, 4) is 0 Å². The minimum absolute atomic E-state index is 0.101. The van der Waals surface area contributed by atoms with Crippen LogP contribution in [0.3, 0.4) is 0 Å². The Kier molecular flexibility index (Phi) is 5.97. The number of nitrogens with zero attached hydrogens (tertiary/aromatic N) is 2. The van der Waals surface area contributed by atoms with E-state index in [0.29, 0.717) is 25.1 Å². The quantitative estimate of drug-likeness (QED) is 0.780. The minimum Gasteiger partial charge on any atom is -0.366 e. The lowest BCUT2D eigenvalue weighted by atomic mass is 9.96. The summed E-state index contributed by atoms with van der Waals surface area (Å²) in [5.41, 5.74) is 4.87. The van der Waals surface area contributed by atoms with Gasteiger partial charge in [0.25, 0.3) is 0 Å². The summed E-state index contributed by atoms with van der Waals surface area (Å²) in [5.74, 6) is -1.73. The Morgan fingerprint density at radius 1 is 1.28 bits per heavy atom. The van der Waals surface area contributed by atoms with Gasteiger partial charge in [-0.2, -0.15) is 13.2 Å². The molecule has 0 bridgehead atoms. The Labute approximate surface area is 169 Å². The molecular formula is C19H18ClF3N4O2. The third-order valence-electron chi connectivity index (χ3n) is 4.69. The van der Waals surface area contributed by atoms with Crippen LogP contribution in [0.4, 0.5) is 24.7 Å². The molecule has 1 saturated heterocycles. The summed E-state index contributed by atoms with van der Waals surface area (Å²) in [6, 6.07) is 6.51. The van der Waals surface area contributed by atoms with Crippen LogP contribution in [0.15, 0.2) is 36.5 Å². The number of anilines is 2. The fraction of sp³-hybridized carbons (Fsp3) is 0.316.